The second kappa shape index (κ2) is 9.44. The first-order valence-corrected chi connectivity index (χ1v) is 11.8. The third kappa shape index (κ3) is 4.40. The smallest absolute Gasteiger partial charge is 0.322 e. The molecule has 4 heteroatoms. The van der Waals surface area contributed by atoms with E-state index in [1.807, 2.05) is 54.3 Å². The fourth-order valence-electron chi connectivity index (χ4n) is 4.69. The van der Waals surface area contributed by atoms with E-state index in [4.69, 9.17) is 0 Å². The number of hydrogen-bond donors (Lipinski definition) is 1. The van der Waals surface area contributed by atoms with Crippen molar-refractivity contribution in [2.75, 3.05) is 5.32 Å². The number of rotatable bonds is 6. The lowest BCUT2D eigenvalue weighted by molar-refractivity contribution is 0.206. The van der Waals surface area contributed by atoms with Gasteiger partial charge in [-0.1, -0.05) is 66.7 Å². The molecule has 0 spiro atoms. The summed E-state index contributed by atoms with van der Waals surface area (Å²) < 4.78 is 2.35. The molecule has 1 heterocycles. The number of hydrogen-bond acceptors (Lipinski definition) is 1. The summed E-state index contributed by atoms with van der Waals surface area (Å²) >= 11 is 0. The maximum atomic E-state index is 13.4. The number of urea groups is 1. The standard InChI is InChI=1S/C30H29N3O/c1-3-33-28-15-8-7-14-26(28)27-19-24(16-17-29(27)33)21-32(20-23-11-5-4-6-12-23)30(34)31-25-13-9-10-22(2)18-25/h4-19H,3,20-21H2,1-2H3,(H,31,34). The first-order chi connectivity index (χ1) is 16.6. The number of carbonyl (C=O) groups is 1. The molecule has 0 radical (unpaired) electrons. The highest BCUT2D eigenvalue weighted by molar-refractivity contribution is 6.08. The van der Waals surface area contributed by atoms with Gasteiger partial charge in [-0.2, -0.15) is 0 Å². The summed E-state index contributed by atoms with van der Waals surface area (Å²) in [6.07, 6.45) is 0. The van der Waals surface area contributed by atoms with Gasteiger partial charge >= 0.3 is 6.03 Å². The van der Waals surface area contributed by atoms with Gasteiger partial charge < -0.3 is 14.8 Å². The Morgan fingerprint density at radius 1 is 0.765 bits per heavy atom. The van der Waals surface area contributed by atoms with Crippen LogP contribution in [0.4, 0.5) is 10.5 Å². The van der Waals surface area contributed by atoms with Crippen LogP contribution in [0.2, 0.25) is 0 Å². The molecule has 5 aromatic rings. The van der Waals surface area contributed by atoms with Crippen LogP contribution in [-0.4, -0.2) is 15.5 Å². The normalized spacial score (nSPS) is 11.1. The molecule has 0 unspecified atom stereocenters. The summed E-state index contributed by atoms with van der Waals surface area (Å²) in [6, 6.07) is 33.0. The molecule has 0 saturated heterocycles. The van der Waals surface area contributed by atoms with Gasteiger partial charge in [-0.05, 0) is 60.9 Å². The van der Waals surface area contributed by atoms with Crippen molar-refractivity contribution in [2.45, 2.75) is 33.5 Å². The number of fused-ring (bicyclic) bond motifs is 3. The molecular weight excluding hydrogens is 418 g/mol. The quantitative estimate of drug-likeness (QED) is 0.290. The zero-order chi connectivity index (χ0) is 23.5. The second-order valence-corrected chi connectivity index (χ2v) is 8.75. The molecule has 0 saturated carbocycles. The van der Waals surface area contributed by atoms with E-state index in [-0.39, 0.29) is 6.03 Å². The van der Waals surface area contributed by atoms with E-state index in [0.717, 1.165) is 28.9 Å². The number of benzene rings is 4. The lowest BCUT2D eigenvalue weighted by Gasteiger charge is -2.24. The molecule has 0 aliphatic rings. The van der Waals surface area contributed by atoms with Crippen molar-refractivity contribution in [1.29, 1.82) is 0 Å². The molecule has 1 aromatic heterocycles. The number of carbonyl (C=O) groups excluding carboxylic acids is 1. The Morgan fingerprint density at radius 3 is 2.29 bits per heavy atom. The van der Waals surface area contributed by atoms with E-state index in [2.05, 4.69) is 71.4 Å². The molecule has 170 valence electrons. The van der Waals surface area contributed by atoms with Gasteiger partial charge in [0.25, 0.3) is 0 Å². The molecule has 0 fully saturated rings. The van der Waals surface area contributed by atoms with Crippen molar-refractivity contribution in [2.24, 2.45) is 0 Å². The summed E-state index contributed by atoms with van der Waals surface area (Å²) in [6.45, 7) is 6.18. The Balaban J connectivity index is 1.48. The van der Waals surface area contributed by atoms with E-state index in [1.165, 1.54) is 21.8 Å². The molecule has 0 aliphatic carbocycles. The number of aromatic nitrogens is 1. The van der Waals surface area contributed by atoms with E-state index in [9.17, 15) is 4.79 Å². The third-order valence-corrected chi connectivity index (χ3v) is 6.30. The molecule has 0 atom stereocenters. The van der Waals surface area contributed by atoms with Crippen molar-refractivity contribution < 1.29 is 4.79 Å². The highest BCUT2D eigenvalue weighted by atomic mass is 16.2. The summed E-state index contributed by atoms with van der Waals surface area (Å²) in [5, 5.41) is 5.57. The molecule has 5 rings (SSSR count). The Morgan fingerprint density at radius 2 is 1.50 bits per heavy atom. The zero-order valence-electron chi connectivity index (χ0n) is 19.7. The Kier molecular flexibility index (Phi) is 6.05. The van der Waals surface area contributed by atoms with Crippen LogP contribution in [0.15, 0.2) is 97.1 Å². The monoisotopic (exact) mass is 447 g/mol. The predicted molar refractivity (Wildman–Crippen MR) is 141 cm³/mol. The number of nitrogens with one attached hydrogen (secondary N) is 1. The number of anilines is 1. The summed E-state index contributed by atoms with van der Waals surface area (Å²) in [4.78, 5) is 15.2. The van der Waals surface area contributed by atoms with Crippen LogP contribution < -0.4 is 5.32 Å². The number of aryl methyl sites for hydroxylation is 2. The number of para-hydroxylation sites is 1. The third-order valence-electron chi connectivity index (χ3n) is 6.30. The van der Waals surface area contributed by atoms with Gasteiger partial charge in [0.15, 0.2) is 0 Å². The maximum absolute atomic E-state index is 13.4. The first-order valence-electron chi connectivity index (χ1n) is 11.8. The number of nitrogens with zero attached hydrogens (tertiary/aromatic N) is 2. The van der Waals surface area contributed by atoms with Crippen molar-refractivity contribution in [1.82, 2.24) is 9.47 Å². The second-order valence-electron chi connectivity index (χ2n) is 8.75. The van der Waals surface area contributed by atoms with Gasteiger partial charge in [0, 0.05) is 47.1 Å². The summed E-state index contributed by atoms with van der Waals surface area (Å²) in [5.41, 5.74) is 6.61. The van der Waals surface area contributed by atoms with Gasteiger partial charge in [0.2, 0.25) is 0 Å². The van der Waals surface area contributed by atoms with Gasteiger partial charge in [-0.3, -0.25) is 0 Å². The maximum Gasteiger partial charge on any atom is 0.322 e. The molecular formula is C30H29N3O. The molecule has 4 nitrogen and oxygen atoms in total. The van der Waals surface area contributed by atoms with Crippen LogP contribution in [0.1, 0.15) is 23.6 Å². The summed E-state index contributed by atoms with van der Waals surface area (Å²) in [5.74, 6) is 0. The fraction of sp³-hybridized carbons (Fsp3) is 0.167. The predicted octanol–water partition coefficient (Wildman–Crippen LogP) is 7.36. The Bertz CT molecular complexity index is 1450. The van der Waals surface area contributed by atoms with E-state index < -0.39 is 0 Å². The molecule has 0 bridgehead atoms. The van der Waals surface area contributed by atoms with Crippen molar-refractivity contribution in [3.8, 4) is 0 Å². The zero-order valence-corrected chi connectivity index (χ0v) is 19.7. The highest BCUT2D eigenvalue weighted by Gasteiger charge is 2.17. The molecule has 4 aromatic carbocycles. The van der Waals surface area contributed by atoms with Crippen LogP contribution in [-0.2, 0) is 19.6 Å². The minimum absolute atomic E-state index is 0.106. The fourth-order valence-corrected chi connectivity index (χ4v) is 4.69. The first kappa shape index (κ1) is 21.8. The minimum atomic E-state index is -0.106. The van der Waals surface area contributed by atoms with Gasteiger partial charge in [0.05, 0.1) is 0 Å². The SMILES string of the molecule is CCn1c2ccccc2c2cc(CN(Cc3ccccc3)C(=O)Nc3cccc(C)c3)ccc21. The number of amides is 2. The van der Waals surface area contributed by atoms with Gasteiger partial charge in [-0.25, -0.2) is 4.79 Å². The topological polar surface area (TPSA) is 37.3 Å². The van der Waals surface area contributed by atoms with Gasteiger partial charge in [-0.15, -0.1) is 0 Å². The van der Waals surface area contributed by atoms with E-state index in [1.54, 1.807) is 0 Å². The molecule has 2 amide bonds. The highest BCUT2D eigenvalue weighted by Crippen LogP contribution is 2.30. The lowest BCUT2D eigenvalue weighted by atomic mass is 10.1. The average Bonchev–Trinajstić information content (AvgIpc) is 3.17. The lowest BCUT2D eigenvalue weighted by Crippen LogP contribution is -2.34. The van der Waals surface area contributed by atoms with E-state index in [0.29, 0.717) is 13.1 Å². The molecule has 1 N–H and O–H groups in total. The van der Waals surface area contributed by atoms with Crippen molar-refractivity contribution in [3.05, 3.63) is 114 Å². The average molecular weight is 448 g/mol. The Hall–Kier alpha value is -4.05. The molecule has 0 aliphatic heterocycles. The van der Waals surface area contributed by atoms with E-state index >= 15 is 0 Å². The van der Waals surface area contributed by atoms with Crippen molar-refractivity contribution >= 4 is 33.5 Å². The Labute approximate surface area is 200 Å². The van der Waals surface area contributed by atoms with Crippen LogP contribution in [0.5, 0.6) is 0 Å². The molecule has 34 heavy (non-hydrogen) atoms. The largest absolute Gasteiger partial charge is 0.341 e. The van der Waals surface area contributed by atoms with Gasteiger partial charge in [0.1, 0.15) is 0 Å². The van der Waals surface area contributed by atoms with Crippen LogP contribution >= 0.6 is 0 Å². The minimum Gasteiger partial charge on any atom is -0.341 e. The van der Waals surface area contributed by atoms with Crippen molar-refractivity contribution in [3.63, 3.8) is 0 Å². The van der Waals surface area contributed by atoms with Crippen LogP contribution in [0, 0.1) is 6.92 Å². The summed E-state index contributed by atoms with van der Waals surface area (Å²) in [7, 11) is 0. The van der Waals surface area contributed by atoms with Crippen LogP contribution in [0.25, 0.3) is 21.8 Å². The van der Waals surface area contributed by atoms with Crippen LogP contribution in [0.3, 0.4) is 0 Å².